The summed E-state index contributed by atoms with van der Waals surface area (Å²) in [6.45, 7) is 12.4. The summed E-state index contributed by atoms with van der Waals surface area (Å²) in [5.41, 5.74) is 1.23. The van der Waals surface area contributed by atoms with Crippen molar-refractivity contribution in [3.05, 3.63) is 35.9 Å². The topological polar surface area (TPSA) is 18.5 Å². The number of benzene rings is 1. The molecule has 1 unspecified atom stereocenters. The first-order valence-corrected chi connectivity index (χ1v) is 8.96. The second-order valence-corrected chi connectivity index (χ2v) is 6.90. The molecule has 0 N–H and O–H groups in total. The van der Waals surface area contributed by atoms with Gasteiger partial charge in [0.1, 0.15) is 5.75 Å². The van der Waals surface area contributed by atoms with Crippen molar-refractivity contribution in [3.63, 3.8) is 0 Å². The van der Waals surface area contributed by atoms with E-state index in [4.69, 9.17) is 9.47 Å². The summed E-state index contributed by atoms with van der Waals surface area (Å²) in [6, 6.07) is 8.28. The Kier molecular flexibility index (Phi) is 9.01. The van der Waals surface area contributed by atoms with Crippen LogP contribution in [-0.2, 0) is 4.74 Å². The molecule has 0 bridgehead atoms. The minimum atomic E-state index is 0.0135. The normalized spacial score (nSPS) is 13.4. The highest BCUT2D eigenvalue weighted by molar-refractivity contribution is 5.50. The van der Waals surface area contributed by atoms with Crippen molar-refractivity contribution in [3.8, 4) is 5.75 Å². The first kappa shape index (κ1) is 19.8. The summed E-state index contributed by atoms with van der Waals surface area (Å²) < 4.78 is 11.6. The van der Waals surface area contributed by atoms with Crippen molar-refractivity contribution in [1.82, 2.24) is 0 Å². The van der Waals surface area contributed by atoms with E-state index in [2.05, 4.69) is 45.9 Å². The second kappa shape index (κ2) is 10.5. The molecule has 1 atom stereocenters. The molecule has 1 aromatic carbocycles. The molecule has 0 saturated carbocycles. The molecule has 0 aromatic heterocycles. The fraction of sp³-hybridized carbons (Fsp3) is 0.619. The molecule has 0 spiro atoms. The van der Waals surface area contributed by atoms with Crippen LogP contribution in [0.15, 0.2) is 30.3 Å². The van der Waals surface area contributed by atoms with E-state index in [1.807, 2.05) is 25.1 Å². The van der Waals surface area contributed by atoms with Crippen molar-refractivity contribution >= 4 is 6.08 Å². The van der Waals surface area contributed by atoms with Gasteiger partial charge in [0.15, 0.2) is 0 Å². The maximum Gasteiger partial charge on any atom is 0.119 e. The monoisotopic (exact) mass is 318 g/mol. The highest BCUT2D eigenvalue weighted by atomic mass is 16.5. The summed E-state index contributed by atoms with van der Waals surface area (Å²) in [4.78, 5) is 0. The van der Waals surface area contributed by atoms with Crippen molar-refractivity contribution in [2.75, 3.05) is 13.2 Å². The van der Waals surface area contributed by atoms with Crippen LogP contribution < -0.4 is 4.74 Å². The van der Waals surface area contributed by atoms with E-state index in [1.165, 1.54) is 18.4 Å². The summed E-state index contributed by atoms with van der Waals surface area (Å²) in [5.74, 6) is 1.65. The third kappa shape index (κ3) is 8.80. The minimum Gasteiger partial charge on any atom is -0.494 e. The quantitative estimate of drug-likeness (QED) is 0.490. The van der Waals surface area contributed by atoms with Crippen LogP contribution >= 0.6 is 0 Å². The van der Waals surface area contributed by atoms with Gasteiger partial charge in [-0.3, -0.25) is 0 Å². The number of rotatable bonds is 11. The summed E-state index contributed by atoms with van der Waals surface area (Å²) in [5, 5.41) is 0. The van der Waals surface area contributed by atoms with Gasteiger partial charge in [0, 0.05) is 6.61 Å². The molecule has 23 heavy (non-hydrogen) atoms. The molecule has 1 aromatic rings. The number of hydrogen-bond acceptors (Lipinski definition) is 2. The van der Waals surface area contributed by atoms with E-state index in [-0.39, 0.29) is 5.60 Å². The molecule has 0 fully saturated rings. The van der Waals surface area contributed by atoms with E-state index in [1.54, 1.807) is 0 Å². The van der Waals surface area contributed by atoms with Gasteiger partial charge >= 0.3 is 0 Å². The summed E-state index contributed by atoms with van der Waals surface area (Å²) in [6.07, 6.45) is 8.82. The molecule has 130 valence electrons. The van der Waals surface area contributed by atoms with Crippen LogP contribution in [0.1, 0.15) is 65.9 Å². The highest BCUT2D eigenvalue weighted by Gasteiger charge is 2.17. The van der Waals surface area contributed by atoms with Gasteiger partial charge in [-0.25, -0.2) is 0 Å². The van der Waals surface area contributed by atoms with Crippen LogP contribution in [0.25, 0.3) is 6.08 Å². The van der Waals surface area contributed by atoms with Gasteiger partial charge in [-0.15, -0.1) is 0 Å². The first-order valence-electron chi connectivity index (χ1n) is 8.96. The van der Waals surface area contributed by atoms with E-state index >= 15 is 0 Å². The van der Waals surface area contributed by atoms with Gasteiger partial charge in [-0.05, 0) is 64.2 Å². The van der Waals surface area contributed by atoms with Crippen molar-refractivity contribution in [2.45, 2.75) is 65.9 Å². The van der Waals surface area contributed by atoms with E-state index in [0.29, 0.717) is 5.92 Å². The fourth-order valence-corrected chi connectivity index (χ4v) is 2.73. The Morgan fingerprint density at radius 3 is 2.43 bits per heavy atom. The zero-order chi connectivity index (χ0) is 17.1. The molecule has 0 aliphatic heterocycles. The Morgan fingerprint density at radius 1 is 1.13 bits per heavy atom. The Balaban J connectivity index is 2.19. The van der Waals surface area contributed by atoms with Gasteiger partial charge in [0.25, 0.3) is 0 Å². The van der Waals surface area contributed by atoms with Crippen LogP contribution in [0, 0.1) is 5.92 Å². The number of hydrogen-bond donors (Lipinski definition) is 0. The Hall–Kier alpha value is -1.28. The fourth-order valence-electron chi connectivity index (χ4n) is 2.73. The lowest BCUT2D eigenvalue weighted by Crippen LogP contribution is -2.24. The summed E-state index contributed by atoms with van der Waals surface area (Å²) in [7, 11) is 0. The largest absolute Gasteiger partial charge is 0.494 e. The molecule has 1 rings (SSSR count). The predicted octanol–water partition coefficient (Wildman–Crippen LogP) is 6.11. The third-order valence-corrected chi connectivity index (χ3v) is 4.13. The number of ether oxygens (including phenoxy) is 2. The molecule has 2 nitrogen and oxygen atoms in total. The smallest absolute Gasteiger partial charge is 0.119 e. The first-order chi connectivity index (χ1) is 11.0. The lowest BCUT2D eigenvalue weighted by molar-refractivity contribution is -0.0183. The standard InChI is InChI=1S/C21H34O2/c1-6-9-19-11-13-20(14-12-19)22-17-15-18(3)10-8-16-21(4,5)23-7-2/h6,9,11-14,18H,7-8,10,15-17H2,1-5H3. The average Bonchev–Trinajstić information content (AvgIpc) is 2.49. The highest BCUT2D eigenvalue weighted by Crippen LogP contribution is 2.21. The Morgan fingerprint density at radius 2 is 1.83 bits per heavy atom. The molecule has 0 amide bonds. The van der Waals surface area contributed by atoms with E-state index in [9.17, 15) is 0 Å². The zero-order valence-corrected chi connectivity index (χ0v) is 15.6. The predicted molar refractivity (Wildman–Crippen MR) is 100.0 cm³/mol. The van der Waals surface area contributed by atoms with E-state index < -0.39 is 0 Å². The maximum atomic E-state index is 5.85. The van der Waals surface area contributed by atoms with Gasteiger partial charge in [0.2, 0.25) is 0 Å². The average molecular weight is 319 g/mol. The van der Waals surface area contributed by atoms with E-state index in [0.717, 1.165) is 31.8 Å². The molecule has 0 aliphatic carbocycles. The molecular formula is C21H34O2. The van der Waals surface area contributed by atoms with Crippen LogP contribution in [0.3, 0.4) is 0 Å². The Labute approximate surface area is 142 Å². The summed E-state index contributed by atoms with van der Waals surface area (Å²) >= 11 is 0. The number of allylic oxidation sites excluding steroid dienone is 1. The lowest BCUT2D eigenvalue weighted by atomic mass is 9.95. The molecule has 0 radical (unpaired) electrons. The minimum absolute atomic E-state index is 0.0135. The third-order valence-electron chi connectivity index (χ3n) is 4.13. The molecular weight excluding hydrogens is 284 g/mol. The van der Waals surface area contributed by atoms with Crippen LogP contribution in [0.5, 0.6) is 5.75 Å². The van der Waals surface area contributed by atoms with Crippen molar-refractivity contribution in [1.29, 1.82) is 0 Å². The van der Waals surface area contributed by atoms with Crippen LogP contribution in [-0.4, -0.2) is 18.8 Å². The maximum absolute atomic E-state index is 5.85. The van der Waals surface area contributed by atoms with Gasteiger partial charge < -0.3 is 9.47 Å². The molecule has 0 heterocycles. The molecule has 0 saturated heterocycles. The molecule has 0 aliphatic rings. The Bertz CT molecular complexity index is 445. The van der Waals surface area contributed by atoms with Crippen LogP contribution in [0.4, 0.5) is 0 Å². The van der Waals surface area contributed by atoms with Crippen molar-refractivity contribution < 1.29 is 9.47 Å². The van der Waals surface area contributed by atoms with Gasteiger partial charge in [0.05, 0.1) is 12.2 Å². The van der Waals surface area contributed by atoms with Gasteiger partial charge in [-0.1, -0.05) is 44.1 Å². The molecule has 2 heteroatoms. The lowest BCUT2D eigenvalue weighted by Gasteiger charge is -2.25. The second-order valence-electron chi connectivity index (χ2n) is 6.90. The zero-order valence-electron chi connectivity index (χ0n) is 15.6. The van der Waals surface area contributed by atoms with Gasteiger partial charge in [-0.2, -0.15) is 0 Å². The SMILES string of the molecule is CC=Cc1ccc(OCCC(C)CCCC(C)(C)OCC)cc1. The van der Waals surface area contributed by atoms with Crippen molar-refractivity contribution in [2.24, 2.45) is 5.92 Å². The van der Waals surface area contributed by atoms with Crippen LogP contribution in [0.2, 0.25) is 0 Å².